The molecule has 3 rings (SSSR count). The van der Waals surface area contributed by atoms with Gasteiger partial charge in [0, 0.05) is 0 Å². The summed E-state index contributed by atoms with van der Waals surface area (Å²) in [5, 5.41) is 12.6. The Morgan fingerprint density at radius 1 is 1.33 bits per heavy atom. The average Bonchev–Trinajstić information content (AvgIpc) is 3.31. The molecule has 24 heavy (non-hydrogen) atoms. The summed E-state index contributed by atoms with van der Waals surface area (Å²) < 4.78 is 10.6. The van der Waals surface area contributed by atoms with Crippen LogP contribution in [0.5, 0.6) is 5.75 Å². The number of carbonyl (C=O) groups is 1. The van der Waals surface area contributed by atoms with E-state index >= 15 is 0 Å². The van der Waals surface area contributed by atoms with Gasteiger partial charge in [-0.2, -0.15) is 0 Å². The molecule has 0 bridgehead atoms. The summed E-state index contributed by atoms with van der Waals surface area (Å²) in [4.78, 5) is 13.1. The second kappa shape index (κ2) is 7.09. The van der Waals surface area contributed by atoms with Crippen LogP contribution in [0, 0.1) is 0 Å². The summed E-state index contributed by atoms with van der Waals surface area (Å²) in [7, 11) is 1.62. The molecule has 0 radical (unpaired) electrons. The fourth-order valence-corrected chi connectivity index (χ4v) is 3.54. The Morgan fingerprint density at radius 2 is 2.12 bits per heavy atom. The molecule has 5 nitrogen and oxygen atoms in total. The zero-order valence-corrected chi connectivity index (χ0v) is 13.8. The number of aliphatic hydroxyl groups is 1. The van der Waals surface area contributed by atoms with Crippen molar-refractivity contribution in [3.63, 3.8) is 0 Å². The number of hydrogen-bond acceptors (Lipinski definition) is 4. The monoisotopic (exact) mass is 329 g/mol. The van der Waals surface area contributed by atoms with Gasteiger partial charge in [0.2, 0.25) is 5.91 Å². The predicted octanol–water partition coefficient (Wildman–Crippen LogP) is 2.95. The Labute approximate surface area is 141 Å². The number of rotatable bonds is 6. The second-order valence-corrected chi connectivity index (χ2v) is 6.25. The van der Waals surface area contributed by atoms with Gasteiger partial charge in [0.15, 0.2) is 0 Å². The molecule has 1 aliphatic carbocycles. The van der Waals surface area contributed by atoms with Crippen LogP contribution in [-0.2, 0) is 10.2 Å². The fourth-order valence-electron chi connectivity index (χ4n) is 3.54. The third-order valence-corrected chi connectivity index (χ3v) is 4.89. The number of hydrogen-bond donors (Lipinski definition) is 2. The van der Waals surface area contributed by atoms with Crippen LogP contribution in [0.2, 0.25) is 0 Å². The quantitative estimate of drug-likeness (QED) is 0.855. The summed E-state index contributed by atoms with van der Waals surface area (Å²) >= 11 is 0. The van der Waals surface area contributed by atoms with Gasteiger partial charge in [-0.1, -0.05) is 25.0 Å². The van der Waals surface area contributed by atoms with E-state index < -0.39 is 11.5 Å². The SMILES string of the molecule is COc1cccc(C2(C(=O)NC(CO)c3ccco3)CCCC2)c1. The molecule has 1 unspecified atom stereocenters. The highest BCUT2D eigenvalue weighted by atomic mass is 16.5. The number of aliphatic hydroxyl groups excluding tert-OH is 1. The van der Waals surface area contributed by atoms with Crippen molar-refractivity contribution in [1.29, 1.82) is 0 Å². The Hall–Kier alpha value is -2.27. The summed E-state index contributed by atoms with van der Waals surface area (Å²) in [6.45, 7) is -0.201. The number of furan rings is 1. The lowest BCUT2D eigenvalue weighted by molar-refractivity contribution is -0.128. The first-order chi connectivity index (χ1) is 11.7. The molecule has 128 valence electrons. The highest BCUT2D eigenvalue weighted by Crippen LogP contribution is 2.42. The third-order valence-electron chi connectivity index (χ3n) is 4.89. The first-order valence-corrected chi connectivity index (χ1v) is 8.29. The van der Waals surface area contributed by atoms with E-state index in [1.54, 1.807) is 19.2 Å². The first-order valence-electron chi connectivity index (χ1n) is 8.29. The van der Waals surface area contributed by atoms with Crippen molar-refractivity contribution in [2.75, 3.05) is 13.7 Å². The van der Waals surface area contributed by atoms with Crippen LogP contribution < -0.4 is 10.1 Å². The van der Waals surface area contributed by atoms with Crippen LogP contribution in [0.3, 0.4) is 0 Å². The highest BCUT2D eigenvalue weighted by molar-refractivity contribution is 5.89. The molecule has 1 heterocycles. The number of amides is 1. The molecule has 2 aromatic rings. The minimum atomic E-state index is -0.575. The molecule has 1 aromatic heterocycles. The average molecular weight is 329 g/mol. The normalized spacial score (nSPS) is 17.4. The van der Waals surface area contributed by atoms with Gasteiger partial charge in [0.1, 0.15) is 17.6 Å². The van der Waals surface area contributed by atoms with Crippen molar-refractivity contribution in [1.82, 2.24) is 5.32 Å². The van der Waals surface area contributed by atoms with Gasteiger partial charge in [-0.3, -0.25) is 4.79 Å². The van der Waals surface area contributed by atoms with E-state index in [2.05, 4.69) is 5.32 Å². The lowest BCUT2D eigenvalue weighted by Gasteiger charge is -2.30. The molecular weight excluding hydrogens is 306 g/mol. The van der Waals surface area contributed by atoms with Crippen LogP contribution >= 0.6 is 0 Å². The minimum Gasteiger partial charge on any atom is -0.497 e. The van der Waals surface area contributed by atoms with Crippen LogP contribution in [0.15, 0.2) is 47.1 Å². The van der Waals surface area contributed by atoms with Gasteiger partial charge in [0.25, 0.3) is 0 Å². The van der Waals surface area contributed by atoms with Crippen molar-refractivity contribution < 1.29 is 19.1 Å². The van der Waals surface area contributed by atoms with E-state index in [1.165, 1.54) is 6.26 Å². The number of nitrogens with one attached hydrogen (secondary N) is 1. The molecule has 1 saturated carbocycles. The fraction of sp³-hybridized carbons (Fsp3) is 0.421. The number of methoxy groups -OCH3 is 1. The number of ether oxygens (including phenoxy) is 1. The van der Waals surface area contributed by atoms with Crippen molar-refractivity contribution in [3.8, 4) is 5.75 Å². The van der Waals surface area contributed by atoms with Crippen molar-refractivity contribution in [2.45, 2.75) is 37.1 Å². The second-order valence-electron chi connectivity index (χ2n) is 6.25. The van der Waals surface area contributed by atoms with Gasteiger partial charge in [-0.05, 0) is 42.7 Å². The van der Waals surface area contributed by atoms with Gasteiger partial charge in [-0.25, -0.2) is 0 Å². The zero-order chi connectivity index (χ0) is 17.0. The van der Waals surface area contributed by atoms with E-state index in [9.17, 15) is 9.90 Å². The molecule has 1 fully saturated rings. The summed E-state index contributed by atoms with van der Waals surface area (Å²) in [6, 6.07) is 10.7. The number of benzene rings is 1. The largest absolute Gasteiger partial charge is 0.497 e. The van der Waals surface area contributed by atoms with Crippen LogP contribution in [0.1, 0.15) is 43.0 Å². The van der Waals surface area contributed by atoms with Gasteiger partial charge in [-0.15, -0.1) is 0 Å². The summed E-state index contributed by atoms with van der Waals surface area (Å²) in [5.74, 6) is 1.24. The predicted molar refractivity (Wildman–Crippen MR) is 89.8 cm³/mol. The molecule has 2 N–H and O–H groups in total. The third kappa shape index (κ3) is 3.04. The summed E-state index contributed by atoms with van der Waals surface area (Å²) in [5.41, 5.74) is 0.391. The van der Waals surface area contributed by atoms with Crippen molar-refractivity contribution >= 4 is 5.91 Å². The van der Waals surface area contributed by atoms with Gasteiger partial charge in [0.05, 0.1) is 25.4 Å². The van der Waals surface area contributed by atoms with Gasteiger partial charge >= 0.3 is 0 Å². The molecule has 0 saturated heterocycles. The molecule has 0 spiro atoms. The molecular formula is C19H23NO4. The Bertz CT molecular complexity index is 674. The van der Waals surface area contributed by atoms with E-state index in [1.807, 2.05) is 24.3 Å². The first kappa shape index (κ1) is 16.6. The Kier molecular flexibility index (Phi) is 4.90. The van der Waals surface area contributed by atoms with E-state index in [0.29, 0.717) is 5.76 Å². The van der Waals surface area contributed by atoms with Crippen LogP contribution in [0.4, 0.5) is 0 Å². The Balaban J connectivity index is 1.88. The van der Waals surface area contributed by atoms with Gasteiger partial charge < -0.3 is 19.6 Å². The zero-order valence-electron chi connectivity index (χ0n) is 13.8. The highest BCUT2D eigenvalue weighted by Gasteiger charge is 2.43. The lowest BCUT2D eigenvalue weighted by atomic mass is 9.77. The smallest absolute Gasteiger partial charge is 0.231 e. The maximum atomic E-state index is 13.1. The van der Waals surface area contributed by atoms with Crippen molar-refractivity contribution in [2.24, 2.45) is 0 Å². The minimum absolute atomic E-state index is 0.0660. The lowest BCUT2D eigenvalue weighted by Crippen LogP contribution is -2.44. The topological polar surface area (TPSA) is 71.7 Å². The molecule has 1 atom stereocenters. The molecule has 0 aliphatic heterocycles. The summed E-state index contributed by atoms with van der Waals surface area (Å²) in [6.07, 6.45) is 5.15. The van der Waals surface area contributed by atoms with Crippen LogP contribution in [-0.4, -0.2) is 24.7 Å². The van der Waals surface area contributed by atoms with E-state index in [-0.39, 0.29) is 12.5 Å². The van der Waals surface area contributed by atoms with Crippen molar-refractivity contribution in [3.05, 3.63) is 54.0 Å². The molecule has 5 heteroatoms. The maximum absolute atomic E-state index is 13.1. The van der Waals surface area contributed by atoms with E-state index in [0.717, 1.165) is 37.0 Å². The number of carbonyl (C=O) groups excluding carboxylic acids is 1. The van der Waals surface area contributed by atoms with Crippen LogP contribution in [0.25, 0.3) is 0 Å². The standard InChI is InChI=1S/C19H23NO4/c1-23-15-7-4-6-14(12-15)19(9-2-3-10-19)18(22)20-16(13-21)17-8-5-11-24-17/h4-8,11-12,16,21H,2-3,9-10,13H2,1H3,(H,20,22). The maximum Gasteiger partial charge on any atom is 0.231 e. The Morgan fingerprint density at radius 3 is 2.75 bits per heavy atom. The van der Waals surface area contributed by atoms with E-state index in [4.69, 9.17) is 9.15 Å². The molecule has 1 aliphatic rings. The molecule has 1 aromatic carbocycles. The molecule has 1 amide bonds.